The van der Waals surface area contributed by atoms with Crippen molar-refractivity contribution in [3.63, 3.8) is 0 Å². The van der Waals surface area contributed by atoms with Crippen molar-refractivity contribution in [2.75, 3.05) is 6.61 Å². The number of hydrogen-bond donors (Lipinski definition) is 1. The van der Waals surface area contributed by atoms with Crippen LogP contribution < -0.4 is 0 Å². The van der Waals surface area contributed by atoms with Crippen LogP contribution in [0.1, 0.15) is 22.8 Å². The summed E-state index contributed by atoms with van der Waals surface area (Å²) >= 11 is 0. The third-order valence-corrected chi connectivity index (χ3v) is 1.98. The minimum Gasteiger partial charge on any atom is -0.478 e. The number of hydrogen-bond acceptors (Lipinski definition) is 2. The zero-order valence-corrected chi connectivity index (χ0v) is 8.94. The van der Waals surface area contributed by atoms with Gasteiger partial charge in [-0.1, -0.05) is 18.2 Å². The number of carboxylic acid groups (broad SMARTS) is 1. The van der Waals surface area contributed by atoms with Crippen LogP contribution in [0.5, 0.6) is 0 Å². The molecule has 0 radical (unpaired) electrons. The van der Waals surface area contributed by atoms with Crippen LogP contribution in [-0.2, 0) is 11.3 Å². The topological polar surface area (TPSA) is 46.5 Å². The Bertz CT molecular complexity index is 399. The fourth-order valence-corrected chi connectivity index (χ4v) is 1.17. The Morgan fingerprint density at radius 1 is 1.56 bits per heavy atom. The minimum absolute atomic E-state index is 0.269. The Kier molecular flexibility index (Phi) is 4.66. The number of rotatable bonds is 5. The highest BCUT2D eigenvalue weighted by Gasteiger charge is 2.10. The van der Waals surface area contributed by atoms with E-state index in [0.717, 1.165) is 6.07 Å². The van der Waals surface area contributed by atoms with Gasteiger partial charge >= 0.3 is 5.97 Å². The quantitative estimate of drug-likeness (QED) is 0.617. The van der Waals surface area contributed by atoms with Gasteiger partial charge in [-0.05, 0) is 24.6 Å². The second kappa shape index (κ2) is 6.02. The van der Waals surface area contributed by atoms with E-state index < -0.39 is 11.8 Å². The first kappa shape index (κ1) is 12.4. The number of benzene rings is 1. The lowest BCUT2D eigenvalue weighted by Crippen LogP contribution is -2.02. The summed E-state index contributed by atoms with van der Waals surface area (Å²) in [7, 11) is 0. The van der Waals surface area contributed by atoms with Gasteiger partial charge in [0.1, 0.15) is 5.82 Å². The van der Waals surface area contributed by atoms with Crippen LogP contribution >= 0.6 is 0 Å². The average Bonchev–Trinajstić information content (AvgIpc) is 2.26. The molecule has 0 saturated carbocycles. The molecule has 1 N–H and O–H groups in total. The van der Waals surface area contributed by atoms with Crippen molar-refractivity contribution in [2.45, 2.75) is 13.5 Å². The summed E-state index contributed by atoms with van der Waals surface area (Å²) in [5.74, 6) is -2.00. The smallest absolute Gasteiger partial charge is 0.338 e. The van der Waals surface area contributed by atoms with Gasteiger partial charge in [-0.15, -0.1) is 0 Å². The average molecular weight is 224 g/mol. The van der Waals surface area contributed by atoms with Crippen molar-refractivity contribution in [2.24, 2.45) is 0 Å². The minimum atomic E-state index is -1.27. The Labute approximate surface area is 93.2 Å². The molecule has 0 amide bonds. The van der Waals surface area contributed by atoms with E-state index in [4.69, 9.17) is 9.84 Å². The molecule has 1 aromatic rings. The van der Waals surface area contributed by atoms with Gasteiger partial charge in [0.05, 0.1) is 18.8 Å². The summed E-state index contributed by atoms with van der Waals surface area (Å²) in [6.07, 6.45) is 3.69. The number of halogens is 1. The van der Waals surface area contributed by atoms with E-state index >= 15 is 0 Å². The van der Waals surface area contributed by atoms with Crippen molar-refractivity contribution in [3.05, 3.63) is 47.3 Å². The summed E-state index contributed by atoms with van der Waals surface area (Å²) in [5, 5.41) is 8.71. The maximum atomic E-state index is 13.0. The monoisotopic (exact) mass is 224 g/mol. The Morgan fingerprint density at radius 2 is 2.31 bits per heavy atom. The molecule has 0 aliphatic carbocycles. The van der Waals surface area contributed by atoms with Gasteiger partial charge in [-0.2, -0.15) is 0 Å². The van der Waals surface area contributed by atoms with Gasteiger partial charge in [0, 0.05) is 0 Å². The normalized spacial score (nSPS) is 10.9. The van der Waals surface area contributed by atoms with E-state index in [0.29, 0.717) is 12.2 Å². The van der Waals surface area contributed by atoms with Gasteiger partial charge < -0.3 is 9.84 Å². The van der Waals surface area contributed by atoms with Gasteiger partial charge in [0.25, 0.3) is 0 Å². The highest BCUT2D eigenvalue weighted by Crippen LogP contribution is 2.11. The molecule has 3 nitrogen and oxygen atoms in total. The molecule has 4 heteroatoms. The van der Waals surface area contributed by atoms with Crippen LogP contribution in [0, 0.1) is 5.82 Å². The maximum Gasteiger partial charge on any atom is 0.338 e. The molecule has 0 saturated heterocycles. The molecule has 0 spiro atoms. The van der Waals surface area contributed by atoms with Gasteiger partial charge in [0.15, 0.2) is 0 Å². The zero-order chi connectivity index (χ0) is 12.0. The fourth-order valence-electron chi connectivity index (χ4n) is 1.17. The van der Waals surface area contributed by atoms with Crippen LogP contribution in [-0.4, -0.2) is 17.7 Å². The Balaban J connectivity index is 2.67. The largest absolute Gasteiger partial charge is 0.478 e. The third kappa shape index (κ3) is 3.47. The molecule has 86 valence electrons. The predicted molar refractivity (Wildman–Crippen MR) is 57.8 cm³/mol. The summed E-state index contributed by atoms with van der Waals surface area (Å²) in [6, 6.07) is 3.93. The van der Waals surface area contributed by atoms with Crippen LogP contribution in [0.25, 0.3) is 0 Å². The van der Waals surface area contributed by atoms with Crippen LogP contribution in [0.2, 0.25) is 0 Å². The van der Waals surface area contributed by atoms with Gasteiger partial charge in [0.2, 0.25) is 0 Å². The third-order valence-electron chi connectivity index (χ3n) is 1.98. The van der Waals surface area contributed by atoms with E-state index in [9.17, 15) is 9.18 Å². The standard InChI is InChI=1S/C12H13FO3/c1-2-3-6-16-8-9-4-5-11(13)10(7-9)12(14)15/h2-5,7H,6,8H2,1H3,(H,14,15)/b3-2+. The van der Waals surface area contributed by atoms with Crippen LogP contribution in [0.3, 0.4) is 0 Å². The highest BCUT2D eigenvalue weighted by atomic mass is 19.1. The second-order valence-corrected chi connectivity index (χ2v) is 3.20. The summed E-state index contributed by atoms with van der Waals surface area (Å²) < 4.78 is 18.3. The maximum absolute atomic E-state index is 13.0. The van der Waals surface area contributed by atoms with Crippen molar-refractivity contribution < 1.29 is 19.0 Å². The number of aromatic carboxylic acids is 1. The van der Waals surface area contributed by atoms with Crippen LogP contribution in [0.4, 0.5) is 4.39 Å². The molecule has 0 aromatic heterocycles. The van der Waals surface area contributed by atoms with E-state index in [1.807, 2.05) is 19.1 Å². The first-order valence-electron chi connectivity index (χ1n) is 4.85. The van der Waals surface area contributed by atoms with E-state index in [-0.39, 0.29) is 12.2 Å². The molecular weight excluding hydrogens is 211 g/mol. The van der Waals surface area contributed by atoms with Crippen molar-refractivity contribution in [1.29, 1.82) is 0 Å². The summed E-state index contributed by atoms with van der Waals surface area (Å²) in [6.45, 7) is 2.60. The molecule has 0 aliphatic rings. The van der Waals surface area contributed by atoms with E-state index in [2.05, 4.69) is 0 Å². The SMILES string of the molecule is C/C=C/COCc1ccc(F)c(C(=O)O)c1. The molecule has 0 fully saturated rings. The molecule has 0 bridgehead atoms. The molecule has 1 rings (SSSR count). The molecule has 1 aromatic carbocycles. The zero-order valence-electron chi connectivity index (χ0n) is 8.94. The van der Waals surface area contributed by atoms with Gasteiger partial charge in [-0.3, -0.25) is 0 Å². The summed E-state index contributed by atoms with van der Waals surface area (Å²) in [5.41, 5.74) is 0.315. The molecule has 0 heterocycles. The first-order chi connectivity index (χ1) is 7.65. The highest BCUT2D eigenvalue weighted by molar-refractivity contribution is 5.88. The van der Waals surface area contributed by atoms with E-state index in [1.54, 1.807) is 0 Å². The predicted octanol–water partition coefficient (Wildman–Crippen LogP) is 2.62. The lowest BCUT2D eigenvalue weighted by atomic mass is 10.1. The number of ether oxygens (including phenoxy) is 1. The first-order valence-corrected chi connectivity index (χ1v) is 4.85. The molecule has 0 atom stereocenters. The lowest BCUT2D eigenvalue weighted by molar-refractivity contribution is 0.0691. The number of allylic oxidation sites excluding steroid dienone is 1. The lowest BCUT2D eigenvalue weighted by Gasteiger charge is -2.03. The van der Waals surface area contributed by atoms with Crippen molar-refractivity contribution in [1.82, 2.24) is 0 Å². The molecule has 0 aliphatic heterocycles. The number of carboxylic acids is 1. The number of carbonyl (C=O) groups is 1. The van der Waals surface area contributed by atoms with Crippen LogP contribution in [0.15, 0.2) is 30.4 Å². The fraction of sp³-hybridized carbons (Fsp3) is 0.250. The van der Waals surface area contributed by atoms with Gasteiger partial charge in [-0.25, -0.2) is 9.18 Å². The molecular formula is C12H13FO3. The Morgan fingerprint density at radius 3 is 2.94 bits per heavy atom. The van der Waals surface area contributed by atoms with E-state index in [1.165, 1.54) is 12.1 Å². The van der Waals surface area contributed by atoms with Crippen molar-refractivity contribution >= 4 is 5.97 Å². The second-order valence-electron chi connectivity index (χ2n) is 3.20. The Hall–Kier alpha value is -1.68. The van der Waals surface area contributed by atoms with Crippen molar-refractivity contribution in [3.8, 4) is 0 Å². The molecule has 0 unspecified atom stereocenters. The molecule has 16 heavy (non-hydrogen) atoms. The summed E-state index contributed by atoms with van der Waals surface area (Å²) in [4.78, 5) is 10.7.